The number of hydrogen-bond donors (Lipinski definition) is 0. The van der Waals surface area contributed by atoms with Gasteiger partial charge in [-0.15, -0.1) is 0 Å². The van der Waals surface area contributed by atoms with E-state index in [1.807, 2.05) is 36.4 Å². The summed E-state index contributed by atoms with van der Waals surface area (Å²) < 4.78 is 10.7. The molecule has 26 heavy (non-hydrogen) atoms. The van der Waals surface area contributed by atoms with Gasteiger partial charge in [0.2, 0.25) is 0 Å². The molecule has 0 aliphatic heterocycles. The van der Waals surface area contributed by atoms with Crippen molar-refractivity contribution in [3.05, 3.63) is 77.3 Å². The highest BCUT2D eigenvalue weighted by atomic mass is 35.5. The zero-order valence-corrected chi connectivity index (χ0v) is 14.9. The van der Waals surface area contributed by atoms with Crippen molar-refractivity contribution in [2.75, 3.05) is 6.61 Å². The van der Waals surface area contributed by atoms with Crippen LogP contribution in [0.4, 0.5) is 0 Å². The molecule has 0 amide bonds. The summed E-state index contributed by atoms with van der Waals surface area (Å²) in [5.41, 5.74) is 0.435. The predicted molar refractivity (Wildman–Crippen MR) is 101 cm³/mol. The van der Waals surface area contributed by atoms with Gasteiger partial charge < -0.3 is 9.47 Å². The molecular formula is C21H17ClO4. The smallest absolute Gasteiger partial charge is 0.347 e. The molecule has 0 aliphatic rings. The molecule has 4 nitrogen and oxygen atoms in total. The Balaban J connectivity index is 1.56. The number of fused-ring (bicyclic) bond motifs is 1. The average Bonchev–Trinajstić information content (AvgIpc) is 2.66. The number of rotatable bonds is 6. The van der Waals surface area contributed by atoms with Crippen molar-refractivity contribution in [1.29, 1.82) is 0 Å². The van der Waals surface area contributed by atoms with Crippen molar-refractivity contribution in [2.45, 2.75) is 13.0 Å². The lowest BCUT2D eigenvalue weighted by molar-refractivity contribution is -0.149. The van der Waals surface area contributed by atoms with E-state index in [2.05, 4.69) is 0 Å². The van der Waals surface area contributed by atoms with Gasteiger partial charge in [0, 0.05) is 10.6 Å². The molecule has 0 radical (unpaired) electrons. The van der Waals surface area contributed by atoms with Crippen molar-refractivity contribution >= 4 is 34.1 Å². The number of ketones is 1. The van der Waals surface area contributed by atoms with Crippen molar-refractivity contribution in [1.82, 2.24) is 0 Å². The van der Waals surface area contributed by atoms with Crippen molar-refractivity contribution in [3.8, 4) is 5.75 Å². The highest BCUT2D eigenvalue weighted by Crippen LogP contribution is 2.21. The fourth-order valence-corrected chi connectivity index (χ4v) is 2.59. The number of carbonyl (C=O) groups is 2. The van der Waals surface area contributed by atoms with Crippen LogP contribution in [-0.4, -0.2) is 24.5 Å². The van der Waals surface area contributed by atoms with Gasteiger partial charge in [-0.2, -0.15) is 0 Å². The van der Waals surface area contributed by atoms with Crippen molar-refractivity contribution < 1.29 is 19.1 Å². The van der Waals surface area contributed by atoms with E-state index in [-0.39, 0.29) is 12.4 Å². The van der Waals surface area contributed by atoms with E-state index in [0.29, 0.717) is 16.3 Å². The molecule has 1 atom stereocenters. The third-order valence-corrected chi connectivity index (χ3v) is 4.13. The van der Waals surface area contributed by atoms with E-state index >= 15 is 0 Å². The summed E-state index contributed by atoms with van der Waals surface area (Å²) in [6.45, 7) is 1.25. The summed E-state index contributed by atoms with van der Waals surface area (Å²) in [6.07, 6.45) is -0.825. The second-order valence-electron chi connectivity index (χ2n) is 5.81. The molecule has 0 aromatic heterocycles. The lowest BCUT2D eigenvalue weighted by Crippen LogP contribution is -2.28. The monoisotopic (exact) mass is 368 g/mol. The molecule has 0 aliphatic carbocycles. The molecule has 0 spiro atoms. The molecule has 0 heterocycles. The third kappa shape index (κ3) is 4.41. The lowest BCUT2D eigenvalue weighted by Gasteiger charge is -2.14. The Morgan fingerprint density at radius 1 is 0.962 bits per heavy atom. The Bertz CT molecular complexity index is 934. The van der Waals surface area contributed by atoms with Gasteiger partial charge in [0.1, 0.15) is 5.75 Å². The second kappa shape index (κ2) is 8.02. The van der Waals surface area contributed by atoms with Gasteiger partial charge in [-0.25, -0.2) is 4.79 Å². The molecule has 132 valence electrons. The van der Waals surface area contributed by atoms with Crippen LogP contribution in [0.25, 0.3) is 10.8 Å². The van der Waals surface area contributed by atoms with E-state index in [9.17, 15) is 9.59 Å². The minimum absolute atomic E-state index is 0.298. The SMILES string of the molecule is C[C@@H](Oc1ccc2ccccc2c1)C(=O)OCC(=O)c1ccc(Cl)cc1. The first kappa shape index (κ1) is 18.0. The van der Waals surface area contributed by atoms with E-state index in [1.54, 1.807) is 37.3 Å². The largest absolute Gasteiger partial charge is 0.479 e. The normalized spacial score (nSPS) is 11.8. The molecule has 0 fully saturated rings. The maximum atomic E-state index is 12.1. The Labute approximate surface area is 156 Å². The van der Waals surface area contributed by atoms with Crippen LogP contribution in [-0.2, 0) is 9.53 Å². The van der Waals surface area contributed by atoms with Crippen LogP contribution in [0.2, 0.25) is 5.02 Å². The Kier molecular flexibility index (Phi) is 5.54. The topological polar surface area (TPSA) is 52.6 Å². The van der Waals surface area contributed by atoms with Gasteiger partial charge >= 0.3 is 5.97 Å². The van der Waals surface area contributed by atoms with Crippen molar-refractivity contribution in [2.24, 2.45) is 0 Å². The molecular weight excluding hydrogens is 352 g/mol. The molecule has 0 unspecified atom stereocenters. The molecule has 3 aromatic rings. The van der Waals surface area contributed by atoms with Crippen LogP contribution in [0.3, 0.4) is 0 Å². The minimum atomic E-state index is -0.825. The first-order valence-corrected chi connectivity index (χ1v) is 8.51. The highest BCUT2D eigenvalue weighted by Gasteiger charge is 2.18. The summed E-state index contributed by atoms with van der Waals surface area (Å²) in [5.74, 6) is -0.328. The average molecular weight is 369 g/mol. The fourth-order valence-electron chi connectivity index (χ4n) is 2.47. The number of hydrogen-bond acceptors (Lipinski definition) is 4. The Morgan fingerprint density at radius 2 is 1.65 bits per heavy atom. The lowest BCUT2D eigenvalue weighted by atomic mass is 10.1. The summed E-state index contributed by atoms with van der Waals surface area (Å²) in [5, 5.41) is 2.64. The molecule has 5 heteroatoms. The number of Topliss-reactive ketones (excluding diaryl/α,β-unsaturated/α-hetero) is 1. The van der Waals surface area contributed by atoms with Gasteiger partial charge in [0.05, 0.1) is 0 Å². The summed E-state index contributed by atoms with van der Waals surface area (Å²) in [7, 11) is 0. The van der Waals surface area contributed by atoms with Crippen LogP contribution >= 0.6 is 11.6 Å². The van der Waals surface area contributed by atoms with Gasteiger partial charge in [-0.1, -0.05) is 41.9 Å². The van der Waals surface area contributed by atoms with E-state index < -0.39 is 12.1 Å². The molecule has 0 saturated carbocycles. The predicted octanol–water partition coefficient (Wildman–Crippen LogP) is 4.69. The first-order valence-electron chi connectivity index (χ1n) is 8.14. The molecule has 3 rings (SSSR count). The number of benzene rings is 3. The fraction of sp³-hybridized carbons (Fsp3) is 0.143. The summed E-state index contributed by atoms with van der Waals surface area (Å²) in [6, 6.07) is 19.8. The van der Waals surface area contributed by atoms with Crippen molar-refractivity contribution in [3.63, 3.8) is 0 Å². The first-order chi connectivity index (χ1) is 12.5. The van der Waals surface area contributed by atoms with E-state index in [0.717, 1.165) is 10.8 Å². The number of halogens is 1. The molecule has 0 bridgehead atoms. The summed E-state index contributed by atoms with van der Waals surface area (Å²) in [4.78, 5) is 24.1. The summed E-state index contributed by atoms with van der Waals surface area (Å²) >= 11 is 5.79. The van der Waals surface area contributed by atoms with Gasteiger partial charge in [-0.3, -0.25) is 4.79 Å². The number of ether oxygens (including phenoxy) is 2. The zero-order chi connectivity index (χ0) is 18.5. The van der Waals surface area contributed by atoms with Crippen LogP contribution in [0, 0.1) is 0 Å². The molecule has 0 N–H and O–H groups in total. The quantitative estimate of drug-likeness (QED) is 0.468. The van der Waals surface area contributed by atoms with Gasteiger partial charge in [0.25, 0.3) is 0 Å². The molecule has 0 saturated heterocycles. The van der Waals surface area contributed by atoms with Crippen LogP contribution in [0.1, 0.15) is 17.3 Å². The van der Waals surface area contributed by atoms with Crippen LogP contribution in [0.15, 0.2) is 66.7 Å². The van der Waals surface area contributed by atoms with Crippen LogP contribution < -0.4 is 4.74 Å². The zero-order valence-electron chi connectivity index (χ0n) is 14.1. The molecule has 3 aromatic carbocycles. The van der Waals surface area contributed by atoms with Gasteiger partial charge in [0.15, 0.2) is 18.5 Å². The van der Waals surface area contributed by atoms with Crippen LogP contribution in [0.5, 0.6) is 5.75 Å². The standard InChI is InChI=1S/C21H17ClO4/c1-14(26-19-11-8-15-4-2-3-5-17(15)12-19)21(24)25-13-20(23)16-6-9-18(22)10-7-16/h2-12,14H,13H2,1H3/t14-/m1/s1. The Hall–Kier alpha value is -2.85. The maximum absolute atomic E-state index is 12.1. The number of esters is 1. The van der Waals surface area contributed by atoms with E-state index in [1.165, 1.54) is 0 Å². The number of carbonyl (C=O) groups excluding carboxylic acids is 2. The highest BCUT2D eigenvalue weighted by molar-refractivity contribution is 6.30. The third-order valence-electron chi connectivity index (χ3n) is 3.88. The Morgan fingerprint density at radius 3 is 2.38 bits per heavy atom. The maximum Gasteiger partial charge on any atom is 0.347 e. The van der Waals surface area contributed by atoms with Gasteiger partial charge in [-0.05, 0) is 54.1 Å². The second-order valence-corrected chi connectivity index (χ2v) is 6.24. The minimum Gasteiger partial charge on any atom is -0.479 e. The van der Waals surface area contributed by atoms with E-state index in [4.69, 9.17) is 21.1 Å².